The third-order valence-corrected chi connectivity index (χ3v) is 9.93. The normalized spacial score (nSPS) is 17.6. The molecule has 3 aromatic rings. The van der Waals surface area contributed by atoms with E-state index in [1.807, 2.05) is 0 Å². The van der Waals surface area contributed by atoms with E-state index in [2.05, 4.69) is 12.1 Å². The molecule has 2 amide bonds. The number of fused-ring (bicyclic) bond motifs is 1. The molecule has 2 aromatic carbocycles. The quantitative estimate of drug-likeness (QED) is 0.302. The summed E-state index contributed by atoms with van der Waals surface area (Å²) in [5.74, 6) is -0.0541. The zero-order chi connectivity index (χ0) is 36.8. The number of thiazole rings is 1. The van der Waals surface area contributed by atoms with Crippen molar-refractivity contribution in [3.63, 3.8) is 0 Å². The third kappa shape index (κ3) is 7.31. The van der Waals surface area contributed by atoms with Gasteiger partial charge in [-0.05, 0) is 41.5 Å². The van der Waals surface area contributed by atoms with Crippen molar-refractivity contribution < 1.29 is 38.0 Å². The first kappa shape index (κ1) is 36.0. The second-order valence-corrected chi connectivity index (χ2v) is 12.8. The molecular formula is C36H36N6O9S. The molecule has 15 nitrogen and oxygen atoms in total. The topological polar surface area (TPSA) is 192 Å². The van der Waals surface area contributed by atoms with Crippen molar-refractivity contribution in [1.82, 2.24) is 14.4 Å². The highest BCUT2D eigenvalue weighted by atomic mass is 32.1. The van der Waals surface area contributed by atoms with Crippen LogP contribution in [0.1, 0.15) is 17.0 Å². The van der Waals surface area contributed by atoms with Crippen LogP contribution >= 0.6 is 11.3 Å². The number of nitrogens with zero attached hydrogens (tertiary/aromatic N) is 5. The van der Waals surface area contributed by atoms with Crippen LogP contribution in [-0.4, -0.2) is 106 Å². The van der Waals surface area contributed by atoms with Crippen LogP contribution in [0.15, 0.2) is 46.8 Å². The van der Waals surface area contributed by atoms with E-state index in [0.717, 1.165) is 11.3 Å². The summed E-state index contributed by atoms with van der Waals surface area (Å²) in [5, 5.41) is 20.7. The molecule has 3 aliphatic rings. The van der Waals surface area contributed by atoms with Crippen LogP contribution in [0.25, 0.3) is 17.5 Å². The minimum atomic E-state index is -0.907. The standard InChI is InChI=1S/C36H36N6O9S/c1-46-28-15-22(3-5-26(28)50-20-31(43)40-7-11-48-12-8-40)16-30-35(45)42-34(39)24(18-37)33(25(19-38)36(42)52-30)23-4-6-27(29(17-23)47-2)51-21-32(44)41-9-13-49-14-10-41/h3-6,15-17,33H,7-14,20-21,39H2,1-2H3/b30-16+. The van der Waals surface area contributed by atoms with Crippen LogP contribution in [0, 0.1) is 22.7 Å². The van der Waals surface area contributed by atoms with Gasteiger partial charge in [0.1, 0.15) is 10.5 Å². The number of carbonyl (C=O) groups excluding carboxylic acids is 2. The molecule has 0 spiro atoms. The van der Waals surface area contributed by atoms with Gasteiger partial charge in [0.25, 0.3) is 17.4 Å². The first-order valence-electron chi connectivity index (χ1n) is 16.4. The molecule has 4 heterocycles. The molecule has 2 N–H and O–H groups in total. The average molecular weight is 729 g/mol. The van der Waals surface area contributed by atoms with E-state index in [0.29, 0.717) is 81.0 Å². The van der Waals surface area contributed by atoms with E-state index < -0.39 is 11.5 Å². The van der Waals surface area contributed by atoms with Crippen LogP contribution in [0.3, 0.4) is 0 Å². The first-order chi connectivity index (χ1) is 25.3. The monoisotopic (exact) mass is 728 g/mol. The summed E-state index contributed by atoms with van der Waals surface area (Å²) in [6.07, 6.45) is 1.63. The molecule has 6 rings (SSSR count). The molecule has 1 atom stereocenters. The van der Waals surface area contributed by atoms with E-state index in [-0.39, 0.29) is 56.9 Å². The molecule has 2 saturated heterocycles. The maximum atomic E-state index is 13.7. The molecular weight excluding hydrogens is 692 g/mol. The van der Waals surface area contributed by atoms with Crippen molar-refractivity contribution >= 4 is 40.6 Å². The molecule has 0 bridgehead atoms. The van der Waals surface area contributed by atoms with Crippen LogP contribution in [-0.2, 0) is 19.1 Å². The van der Waals surface area contributed by atoms with E-state index in [1.165, 1.54) is 18.8 Å². The lowest BCUT2D eigenvalue weighted by Crippen LogP contribution is -2.43. The Bertz CT molecular complexity index is 2170. The van der Waals surface area contributed by atoms with E-state index in [4.69, 9.17) is 34.2 Å². The largest absolute Gasteiger partial charge is 0.493 e. The summed E-state index contributed by atoms with van der Waals surface area (Å²) in [4.78, 5) is 42.3. The molecule has 16 heteroatoms. The molecule has 0 radical (unpaired) electrons. The number of allylic oxidation sites excluding steroid dienone is 1. The van der Waals surface area contributed by atoms with Gasteiger partial charge in [-0.25, -0.2) is 0 Å². The fourth-order valence-corrected chi connectivity index (χ4v) is 7.23. The molecule has 52 heavy (non-hydrogen) atoms. The molecule has 3 aliphatic heterocycles. The van der Waals surface area contributed by atoms with Crippen molar-refractivity contribution in [2.45, 2.75) is 5.92 Å². The number of morpholine rings is 2. The van der Waals surface area contributed by atoms with Gasteiger partial charge < -0.3 is 44.0 Å². The highest BCUT2D eigenvalue weighted by molar-refractivity contribution is 7.07. The average Bonchev–Trinajstić information content (AvgIpc) is 3.51. The highest BCUT2D eigenvalue weighted by Gasteiger charge is 2.33. The maximum absolute atomic E-state index is 13.7. The Morgan fingerprint density at radius 1 is 0.846 bits per heavy atom. The van der Waals surface area contributed by atoms with Gasteiger partial charge in [-0.1, -0.05) is 12.1 Å². The molecule has 1 unspecified atom stereocenters. The minimum absolute atomic E-state index is 0.0171. The number of ether oxygens (including phenoxy) is 6. The number of rotatable bonds is 10. The number of aromatic nitrogens is 1. The number of methoxy groups -OCH3 is 2. The summed E-state index contributed by atoms with van der Waals surface area (Å²) in [5.41, 5.74) is 7.25. The number of hydrogen-bond acceptors (Lipinski definition) is 13. The molecule has 1 aromatic heterocycles. The fourth-order valence-electron chi connectivity index (χ4n) is 6.10. The Morgan fingerprint density at radius 2 is 1.38 bits per heavy atom. The smallest absolute Gasteiger partial charge is 0.274 e. The lowest BCUT2D eigenvalue weighted by molar-refractivity contribution is -0.138. The summed E-state index contributed by atoms with van der Waals surface area (Å²) >= 11 is 1.06. The van der Waals surface area contributed by atoms with E-state index >= 15 is 0 Å². The second-order valence-electron chi connectivity index (χ2n) is 11.8. The predicted octanol–water partition coefficient (Wildman–Crippen LogP) is 0.354. The highest BCUT2D eigenvalue weighted by Crippen LogP contribution is 2.39. The molecule has 270 valence electrons. The molecule has 0 saturated carbocycles. The van der Waals surface area contributed by atoms with Gasteiger partial charge in [0.15, 0.2) is 36.2 Å². The summed E-state index contributed by atoms with van der Waals surface area (Å²) < 4.78 is 35.0. The number of carbonyl (C=O) groups is 2. The number of nitriles is 2. The van der Waals surface area contributed by atoms with Crippen molar-refractivity contribution in [2.24, 2.45) is 5.73 Å². The Balaban J connectivity index is 1.30. The zero-order valence-electron chi connectivity index (χ0n) is 28.6. The van der Waals surface area contributed by atoms with Crippen LogP contribution in [0.4, 0.5) is 0 Å². The van der Waals surface area contributed by atoms with Gasteiger partial charge in [-0.15, -0.1) is 11.3 Å². The SMILES string of the molecule is COc1cc(/C=c2/sc3n(c2=O)C(N)=C(C#N)C(c2ccc(OCC(=O)N4CCOCC4)c(OC)c2)C=3C#N)ccc1OCC(=O)N1CCOCC1. The third-order valence-electron chi connectivity index (χ3n) is 8.83. The lowest BCUT2D eigenvalue weighted by atomic mass is 9.84. The van der Waals surface area contributed by atoms with Crippen molar-refractivity contribution in [3.8, 4) is 35.1 Å². The number of benzene rings is 2. The van der Waals surface area contributed by atoms with Crippen LogP contribution in [0.2, 0.25) is 0 Å². The first-order valence-corrected chi connectivity index (χ1v) is 17.2. The van der Waals surface area contributed by atoms with E-state index in [1.54, 1.807) is 52.3 Å². The summed E-state index contributed by atoms with van der Waals surface area (Å²) in [6, 6.07) is 14.2. The van der Waals surface area contributed by atoms with Gasteiger partial charge in [0.2, 0.25) is 0 Å². The van der Waals surface area contributed by atoms with Crippen LogP contribution in [0.5, 0.6) is 23.0 Å². The van der Waals surface area contributed by atoms with Gasteiger partial charge in [-0.2, -0.15) is 10.5 Å². The van der Waals surface area contributed by atoms with Gasteiger partial charge >= 0.3 is 0 Å². The van der Waals surface area contributed by atoms with Gasteiger partial charge in [-0.3, -0.25) is 19.0 Å². The molecule has 0 aliphatic carbocycles. The number of nitrogens with two attached hydrogens (primary N) is 1. The Kier molecular flexibility index (Phi) is 11.1. The second kappa shape index (κ2) is 16.0. The van der Waals surface area contributed by atoms with Gasteiger partial charge in [0.05, 0.1) is 74.4 Å². The Morgan fingerprint density at radius 3 is 1.92 bits per heavy atom. The summed E-state index contributed by atoms with van der Waals surface area (Å²) in [6.45, 7) is 3.50. The summed E-state index contributed by atoms with van der Waals surface area (Å²) in [7, 11) is 2.91. The van der Waals surface area contributed by atoms with E-state index in [9.17, 15) is 24.9 Å². The van der Waals surface area contributed by atoms with Crippen LogP contribution < -0.4 is 39.4 Å². The Hall–Kier alpha value is -5.81. The molecule has 2 fully saturated rings. The van der Waals surface area contributed by atoms with Crippen molar-refractivity contribution in [1.29, 1.82) is 10.5 Å². The maximum Gasteiger partial charge on any atom is 0.274 e. The Labute approximate surface area is 302 Å². The number of hydrogen-bond donors (Lipinski definition) is 1. The van der Waals surface area contributed by atoms with Gasteiger partial charge in [0, 0.05) is 26.2 Å². The minimum Gasteiger partial charge on any atom is -0.493 e. The predicted molar refractivity (Wildman–Crippen MR) is 188 cm³/mol. The number of amides is 2. The lowest BCUT2D eigenvalue weighted by Gasteiger charge is -2.27. The zero-order valence-corrected chi connectivity index (χ0v) is 29.4. The van der Waals surface area contributed by atoms with Crippen molar-refractivity contribution in [3.05, 3.63) is 72.6 Å². The van der Waals surface area contributed by atoms with Crippen molar-refractivity contribution in [2.75, 3.05) is 80.0 Å². The fraction of sp³-hybridized carbons (Fsp3) is 0.361.